The third kappa shape index (κ3) is 6.61. The summed E-state index contributed by atoms with van der Waals surface area (Å²) in [6, 6.07) is 18.4. The molecule has 1 N–H and O–H groups in total. The third-order valence-corrected chi connectivity index (χ3v) is 5.69. The van der Waals surface area contributed by atoms with Crippen LogP contribution in [0.2, 0.25) is 0 Å². The van der Waals surface area contributed by atoms with Crippen molar-refractivity contribution < 1.29 is 28.5 Å². The van der Waals surface area contributed by atoms with E-state index in [0.717, 1.165) is 16.9 Å². The summed E-state index contributed by atoms with van der Waals surface area (Å²) < 4.78 is 22.3. The van der Waals surface area contributed by atoms with Gasteiger partial charge in [-0.3, -0.25) is 9.59 Å². The lowest BCUT2D eigenvalue weighted by molar-refractivity contribution is -0.121. The zero-order chi connectivity index (χ0) is 26.2. The largest absolute Gasteiger partial charge is 0.493 e. The molecule has 192 valence electrons. The number of nitrogens with one attached hydrogen (secondary N) is 1. The molecular formula is C29H30N2O6. The quantitative estimate of drug-likeness (QED) is 0.399. The lowest BCUT2D eigenvalue weighted by atomic mass is 10.1. The Morgan fingerprint density at radius 1 is 1.05 bits per heavy atom. The van der Waals surface area contributed by atoms with E-state index in [1.807, 2.05) is 44.2 Å². The molecule has 0 saturated heterocycles. The SMILES string of the molecule is CCOc1ccc(/C=C/C(=O)Nc2ccc3c(c2)N(CCOc2ccc(C)cc2)C(=O)CO3)cc1OC. The normalized spacial score (nSPS) is 12.6. The van der Waals surface area contributed by atoms with Crippen molar-refractivity contribution in [1.29, 1.82) is 0 Å². The molecule has 2 amide bonds. The van der Waals surface area contributed by atoms with Crippen LogP contribution in [0.25, 0.3) is 6.08 Å². The maximum atomic E-state index is 12.6. The highest BCUT2D eigenvalue weighted by Gasteiger charge is 2.26. The molecule has 0 radical (unpaired) electrons. The molecule has 0 spiro atoms. The van der Waals surface area contributed by atoms with Gasteiger partial charge < -0.3 is 29.2 Å². The highest BCUT2D eigenvalue weighted by molar-refractivity contribution is 6.03. The van der Waals surface area contributed by atoms with Crippen LogP contribution in [0.1, 0.15) is 18.1 Å². The Bertz CT molecular complexity index is 1290. The van der Waals surface area contributed by atoms with Crippen LogP contribution in [-0.2, 0) is 9.59 Å². The second-order valence-electron chi connectivity index (χ2n) is 8.34. The Balaban J connectivity index is 1.41. The monoisotopic (exact) mass is 502 g/mol. The molecule has 0 aliphatic carbocycles. The second-order valence-corrected chi connectivity index (χ2v) is 8.34. The topological polar surface area (TPSA) is 86.3 Å². The van der Waals surface area contributed by atoms with Gasteiger partial charge >= 0.3 is 0 Å². The van der Waals surface area contributed by atoms with E-state index in [1.54, 1.807) is 48.4 Å². The summed E-state index contributed by atoms with van der Waals surface area (Å²) in [5, 5.41) is 2.84. The fourth-order valence-corrected chi connectivity index (χ4v) is 3.83. The van der Waals surface area contributed by atoms with Crippen LogP contribution in [-0.4, -0.2) is 45.3 Å². The van der Waals surface area contributed by atoms with E-state index in [2.05, 4.69) is 5.32 Å². The molecule has 1 aliphatic heterocycles. The molecule has 3 aromatic carbocycles. The first-order valence-corrected chi connectivity index (χ1v) is 12.0. The van der Waals surface area contributed by atoms with E-state index in [0.29, 0.717) is 48.4 Å². The maximum Gasteiger partial charge on any atom is 0.265 e. The van der Waals surface area contributed by atoms with Crippen molar-refractivity contribution in [2.45, 2.75) is 13.8 Å². The summed E-state index contributed by atoms with van der Waals surface area (Å²) in [6.45, 7) is 5.06. The summed E-state index contributed by atoms with van der Waals surface area (Å²) in [4.78, 5) is 26.8. The van der Waals surface area contributed by atoms with E-state index in [1.165, 1.54) is 6.08 Å². The van der Waals surface area contributed by atoms with Gasteiger partial charge in [-0.05, 0) is 68.0 Å². The van der Waals surface area contributed by atoms with Gasteiger partial charge in [0.2, 0.25) is 5.91 Å². The Labute approximate surface area is 216 Å². The molecule has 0 fully saturated rings. The predicted octanol–water partition coefficient (Wildman–Crippen LogP) is 4.86. The van der Waals surface area contributed by atoms with Gasteiger partial charge in [0.1, 0.15) is 18.1 Å². The van der Waals surface area contributed by atoms with Crippen molar-refractivity contribution in [3.05, 3.63) is 77.9 Å². The van der Waals surface area contributed by atoms with Gasteiger partial charge in [0.15, 0.2) is 18.1 Å². The molecule has 3 aromatic rings. The van der Waals surface area contributed by atoms with Crippen LogP contribution in [0.15, 0.2) is 66.7 Å². The smallest absolute Gasteiger partial charge is 0.265 e. The van der Waals surface area contributed by atoms with Crippen LogP contribution < -0.4 is 29.2 Å². The predicted molar refractivity (Wildman–Crippen MR) is 143 cm³/mol. The van der Waals surface area contributed by atoms with Crippen molar-refractivity contribution in [3.63, 3.8) is 0 Å². The third-order valence-electron chi connectivity index (χ3n) is 5.69. The lowest BCUT2D eigenvalue weighted by Gasteiger charge is -2.29. The fourth-order valence-electron chi connectivity index (χ4n) is 3.83. The first-order valence-electron chi connectivity index (χ1n) is 12.0. The van der Waals surface area contributed by atoms with Crippen molar-refractivity contribution in [2.24, 2.45) is 0 Å². The van der Waals surface area contributed by atoms with E-state index < -0.39 is 0 Å². The number of anilines is 2. The number of carbonyl (C=O) groups excluding carboxylic acids is 2. The average molecular weight is 503 g/mol. The van der Waals surface area contributed by atoms with Crippen molar-refractivity contribution in [3.8, 4) is 23.0 Å². The molecule has 8 heteroatoms. The highest BCUT2D eigenvalue weighted by atomic mass is 16.5. The Morgan fingerprint density at radius 3 is 2.62 bits per heavy atom. The highest BCUT2D eigenvalue weighted by Crippen LogP contribution is 2.34. The number of rotatable bonds is 10. The number of fused-ring (bicyclic) bond motifs is 1. The molecule has 0 saturated carbocycles. The number of carbonyl (C=O) groups is 2. The van der Waals surface area contributed by atoms with E-state index in [9.17, 15) is 9.59 Å². The number of benzene rings is 3. The molecule has 8 nitrogen and oxygen atoms in total. The number of hydrogen-bond donors (Lipinski definition) is 1. The number of nitrogens with zero attached hydrogens (tertiary/aromatic N) is 1. The molecule has 1 heterocycles. The van der Waals surface area contributed by atoms with E-state index in [4.69, 9.17) is 18.9 Å². The summed E-state index contributed by atoms with van der Waals surface area (Å²) in [6.07, 6.45) is 3.12. The van der Waals surface area contributed by atoms with E-state index >= 15 is 0 Å². The minimum absolute atomic E-state index is 0.0441. The van der Waals surface area contributed by atoms with Crippen LogP contribution in [0.4, 0.5) is 11.4 Å². The summed E-state index contributed by atoms with van der Waals surface area (Å²) in [7, 11) is 1.57. The van der Waals surface area contributed by atoms with Gasteiger partial charge in [-0.25, -0.2) is 0 Å². The zero-order valence-corrected chi connectivity index (χ0v) is 21.2. The summed E-state index contributed by atoms with van der Waals surface area (Å²) in [5.41, 5.74) is 3.06. The number of methoxy groups -OCH3 is 1. The van der Waals surface area contributed by atoms with Crippen LogP contribution in [0.3, 0.4) is 0 Å². The number of aryl methyl sites for hydroxylation is 1. The molecule has 0 unspecified atom stereocenters. The van der Waals surface area contributed by atoms with E-state index in [-0.39, 0.29) is 18.4 Å². The van der Waals surface area contributed by atoms with Gasteiger partial charge in [-0.15, -0.1) is 0 Å². The minimum atomic E-state index is -0.315. The number of amides is 2. The second kappa shape index (κ2) is 12.0. The van der Waals surface area contributed by atoms with Gasteiger partial charge in [0, 0.05) is 11.8 Å². The number of hydrogen-bond acceptors (Lipinski definition) is 6. The standard InChI is InChI=1S/C29H30N2O6/c1-4-35-26-12-7-21(17-27(26)34-3)8-14-28(32)30-22-9-13-25-24(18-22)31(29(33)19-37-25)15-16-36-23-10-5-20(2)6-11-23/h5-14,17-18H,4,15-16,19H2,1-3H3,(H,30,32)/b14-8+. The molecule has 0 aromatic heterocycles. The van der Waals surface area contributed by atoms with Crippen molar-refractivity contribution >= 4 is 29.3 Å². The van der Waals surface area contributed by atoms with Gasteiger partial charge in [0.05, 0.1) is 25.9 Å². The molecule has 0 atom stereocenters. The molecule has 4 rings (SSSR count). The molecule has 37 heavy (non-hydrogen) atoms. The average Bonchev–Trinajstić information content (AvgIpc) is 2.90. The van der Waals surface area contributed by atoms with Crippen molar-refractivity contribution in [1.82, 2.24) is 0 Å². The maximum absolute atomic E-state index is 12.6. The summed E-state index contributed by atoms with van der Waals surface area (Å²) >= 11 is 0. The molecule has 0 bridgehead atoms. The lowest BCUT2D eigenvalue weighted by Crippen LogP contribution is -2.41. The molecule has 1 aliphatic rings. The van der Waals surface area contributed by atoms with Crippen LogP contribution >= 0.6 is 0 Å². The first kappa shape index (κ1) is 25.6. The number of ether oxygens (including phenoxy) is 4. The minimum Gasteiger partial charge on any atom is -0.493 e. The van der Waals surface area contributed by atoms with Gasteiger partial charge in [-0.1, -0.05) is 23.8 Å². The van der Waals surface area contributed by atoms with Gasteiger partial charge in [-0.2, -0.15) is 0 Å². The van der Waals surface area contributed by atoms with Gasteiger partial charge in [0.25, 0.3) is 5.91 Å². The fraction of sp³-hybridized carbons (Fsp3) is 0.241. The Hall–Kier alpha value is -4.46. The van der Waals surface area contributed by atoms with Crippen molar-refractivity contribution in [2.75, 3.05) is 43.7 Å². The zero-order valence-electron chi connectivity index (χ0n) is 21.2. The molecular weight excluding hydrogens is 472 g/mol. The summed E-state index contributed by atoms with van der Waals surface area (Å²) in [5.74, 6) is 2.06. The van der Waals surface area contributed by atoms with Crippen LogP contribution in [0.5, 0.6) is 23.0 Å². The Kier molecular flexibility index (Phi) is 8.30. The Morgan fingerprint density at radius 2 is 1.86 bits per heavy atom. The van der Waals surface area contributed by atoms with Crippen LogP contribution in [0, 0.1) is 6.92 Å². The first-order chi connectivity index (χ1) is 18.0.